The molecule has 1 nitrogen and oxygen atoms in total. The first-order chi connectivity index (χ1) is 8.54. The Balaban J connectivity index is 4.70. The fraction of sp³-hybridized carbons (Fsp3) is 0.529. The molecule has 0 aromatic heterocycles. The predicted molar refractivity (Wildman–Crippen MR) is 83.8 cm³/mol. The largest absolute Gasteiger partial charge is 0.303 e. The van der Waals surface area contributed by atoms with Crippen molar-refractivity contribution in [2.24, 2.45) is 0 Å². The summed E-state index contributed by atoms with van der Waals surface area (Å²) in [5.74, 6) is 0. The van der Waals surface area contributed by atoms with Crippen LogP contribution in [0.25, 0.3) is 0 Å². The van der Waals surface area contributed by atoms with E-state index in [0.29, 0.717) is 0 Å². The van der Waals surface area contributed by atoms with Crippen LogP contribution < -0.4 is 5.32 Å². The van der Waals surface area contributed by atoms with Crippen molar-refractivity contribution in [3.05, 3.63) is 47.6 Å². The van der Waals surface area contributed by atoms with Crippen molar-refractivity contribution >= 4 is 0 Å². The topological polar surface area (TPSA) is 12.0 Å². The summed E-state index contributed by atoms with van der Waals surface area (Å²) in [4.78, 5) is 0. The van der Waals surface area contributed by atoms with Crippen LogP contribution in [0.15, 0.2) is 47.6 Å². The highest BCUT2D eigenvalue weighted by Gasteiger charge is 2.08. The van der Waals surface area contributed by atoms with Crippen LogP contribution >= 0.6 is 0 Å². The molecule has 0 heterocycles. The second kappa shape index (κ2) is 9.90. The van der Waals surface area contributed by atoms with Crippen LogP contribution in [0.4, 0.5) is 0 Å². The molecule has 102 valence electrons. The van der Waals surface area contributed by atoms with Crippen LogP contribution in [0.2, 0.25) is 0 Å². The van der Waals surface area contributed by atoms with Crippen molar-refractivity contribution in [3.63, 3.8) is 0 Å². The van der Waals surface area contributed by atoms with Crippen LogP contribution in [0.1, 0.15) is 47.5 Å². The minimum Gasteiger partial charge on any atom is -0.303 e. The van der Waals surface area contributed by atoms with E-state index >= 15 is 0 Å². The van der Waals surface area contributed by atoms with Crippen LogP contribution in [-0.2, 0) is 0 Å². The van der Waals surface area contributed by atoms with Gasteiger partial charge in [0, 0.05) is 6.54 Å². The van der Waals surface area contributed by atoms with Crippen LogP contribution in [0.3, 0.4) is 0 Å². The van der Waals surface area contributed by atoms with Gasteiger partial charge in [0.2, 0.25) is 0 Å². The van der Waals surface area contributed by atoms with Gasteiger partial charge in [0.1, 0.15) is 0 Å². The van der Waals surface area contributed by atoms with Gasteiger partial charge in [0.25, 0.3) is 0 Å². The van der Waals surface area contributed by atoms with Gasteiger partial charge in [-0.2, -0.15) is 0 Å². The van der Waals surface area contributed by atoms with Gasteiger partial charge in [0.05, 0.1) is 6.04 Å². The van der Waals surface area contributed by atoms with Gasteiger partial charge >= 0.3 is 0 Å². The fourth-order valence-electron chi connectivity index (χ4n) is 1.87. The maximum absolute atomic E-state index is 4.11. The molecule has 1 unspecified atom stereocenters. The van der Waals surface area contributed by atoms with Gasteiger partial charge in [-0.25, -0.2) is 0 Å². The molecule has 0 aliphatic rings. The zero-order chi connectivity index (χ0) is 14.0. The van der Waals surface area contributed by atoms with Gasteiger partial charge < -0.3 is 5.32 Å². The summed E-state index contributed by atoms with van der Waals surface area (Å²) < 4.78 is 0. The summed E-state index contributed by atoms with van der Waals surface area (Å²) in [6.07, 6.45) is 11.0. The Morgan fingerprint density at radius 1 is 1.28 bits per heavy atom. The highest BCUT2D eigenvalue weighted by atomic mass is 14.9. The number of allylic oxidation sites excluding steroid dienone is 3. The standard InChI is InChI=1S/C17H29N/c1-7-10-15(6)13-18-17(12-14(4)5)16(9-3)11-8-2/h8-9,11-12,17-18H,6-7,10,13H2,1-5H3/b11-8-,16-9+. The Kier molecular flexibility index (Phi) is 9.31. The molecule has 0 bridgehead atoms. The lowest BCUT2D eigenvalue weighted by Gasteiger charge is -2.18. The van der Waals surface area contributed by atoms with E-state index in [1.807, 2.05) is 0 Å². The number of rotatable bonds is 8. The Morgan fingerprint density at radius 2 is 1.94 bits per heavy atom. The third-order valence-corrected chi connectivity index (χ3v) is 2.73. The molecular weight excluding hydrogens is 218 g/mol. The zero-order valence-corrected chi connectivity index (χ0v) is 12.7. The minimum atomic E-state index is 0.282. The first-order valence-electron chi connectivity index (χ1n) is 6.89. The smallest absolute Gasteiger partial charge is 0.0507 e. The number of hydrogen-bond acceptors (Lipinski definition) is 1. The Labute approximate surface area is 113 Å². The van der Waals surface area contributed by atoms with E-state index < -0.39 is 0 Å². The van der Waals surface area contributed by atoms with E-state index in [4.69, 9.17) is 0 Å². The highest BCUT2D eigenvalue weighted by molar-refractivity contribution is 5.30. The average Bonchev–Trinajstić information content (AvgIpc) is 2.31. The molecule has 1 heteroatoms. The Hall–Kier alpha value is -1.08. The maximum Gasteiger partial charge on any atom is 0.0507 e. The minimum absolute atomic E-state index is 0.282. The van der Waals surface area contributed by atoms with E-state index in [-0.39, 0.29) is 6.04 Å². The predicted octanol–water partition coefficient (Wildman–Crippen LogP) is 4.79. The molecule has 0 rings (SSSR count). The van der Waals surface area contributed by atoms with E-state index in [2.05, 4.69) is 70.8 Å². The summed E-state index contributed by atoms with van der Waals surface area (Å²) in [5.41, 5.74) is 3.92. The van der Waals surface area contributed by atoms with Crippen molar-refractivity contribution < 1.29 is 0 Å². The fourth-order valence-corrected chi connectivity index (χ4v) is 1.87. The van der Waals surface area contributed by atoms with Crippen molar-refractivity contribution in [2.75, 3.05) is 6.54 Å². The van der Waals surface area contributed by atoms with Crippen LogP contribution in [-0.4, -0.2) is 12.6 Å². The van der Waals surface area contributed by atoms with Crippen molar-refractivity contribution in [2.45, 2.75) is 53.5 Å². The van der Waals surface area contributed by atoms with Crippen LogP contribution in [0.5, 0.6) is 0 Å². The van der Waals surface area contributed by atoms with Crippen LogP contribution in [0, 0.1) is 0 Å². The van der Waals surface area contributed by atoms with E-state index in [9.17, 15) is 0 Å². The van der Waals surface area contributed by atoms with Gasteiger partial charge in [-0.3, -0.25) is 0 Å². The van der Waals surface area contributed by atoms with E-state index in [1.165, 1.54) is 23.1 Å². The summed E-state index contributed by atoms with van der Waals surface area (Å²) in [6.45, 7) is 15.6. The summed E-state index contributed by atoms with van der Waals surface area (Å²) in [7, 11) is 0. The molecule has 0 amide bonds. The quantitative estimate of drug-likeness (QED) is 0.480. The van der Waals surface area contributed by atoms with Crippen molar-refractivity contribution in [1.82, 2.24) is 5.32 Å². The zero-order valence-electron chi connectivity index (χ0n) is 12.7. The monoisotopic (exact) mass is 247 g/mol. The van der Waals surface area contributed by atoms with Gasteiger partial charge in [-0.15, -0.1) is 0 Å². The van der Waals surface area contributed by atoms with Gasteiger partial charge in [-0.1, -0.05) is 55.4 Å². The van der Waals surface area contributed by atoms with Crippen molar-refractivity contribution in [3.8, 4) is 0 Å². The van der Waals surface area contributed by atoms with E-state index in [1.54, 1.807) is 0 Å². The summed E-state index contributed by atoms with van der Waals surface area (Å²) >= 11 is 0. The normalized spacial score (nSPS) is 13.7. The molecule has 0 saturated carbocycles. The van der Waals surface area contributed by atoms with Crippen molar-refractivity contribution in [1.29, 1.82) is 0 Å². The lowest BCUT2D eigenvalue weighted by atomic mass is 10.0. The molecule has 1 atom stereocenters. The first kappa shape index (κ1) is 16.9. The van der Waals surface area contributed by atoms with Gasteiger partial charge in [0.15, 0.2) is 0 Å². The molecule has 0 aromatic carbocycles. The van der Waals surface area contributed by atoms with Gasteiger partial charge in [-0.05, 0) is 39.7 Å². The first-order valence-corrected chi connectivity index (χ1v) is 6.89. The third kappa shape index (κ3) is 7.29. The maximum atomic E-state index is 4.11. The average molecular weight is 247 g/mol. The molecule has 0 fully saturated rings. The highest BCUT2D eigenvalue weighted by Crippen LogP contribution is 2.10. The third-order valence-electron chi connectivity index (χ3n) is 2.73. The molecule has 0 aromatic rings. The molecule has 0 radical (unpaired) electrons. The molecule has 0 saturated heterocycles. The lowest BCUT2D eigenvalue weighted by Crippen LogP contribution is -2.30. The number of hydrogen-bond donors (Lipinski definition) is 1. The second-order valence-electron chi connectivity index (χ2n) is 4.89. The SMILES string of the molecule is C=C(CCC)CNC(C=C(C)C)C(/C=C\C)=C/C. The lowest BCUT2D eigenvalue weighted by molar-refractivity contribution is 0.678. The Bertz CT molecular complexity index is 328. The molecule has 0 aliphatic heterocycles. The molecule has 0 spiro atoms. The number of nitrogens with one attached hydrogen (secondary N) is 1. The summed E-state index contributed by atoms with van der Waals surface area (Å²) in [5, 5.41) is 3.58. The second-order valence-corrected chi connectivity index (χ2v) is 4.89. The molecule has 18 heavy (non-hydrogen) atoms. The molecular formula is C17H29N. The molecule has 1 N–H and O–H groups in total. The summed E-state index contributed by atoms with van der Waals surface area (Å²) in [6, 6.07) is 0.282. The molecule has 0 aliphatic carbocycles. The Morgan fingerprint density at radius 3 is 2.39 bits per heavy atom. The van der Waals surface area contributed by atoms with E-state index in [0.717, 1.165) is 13.0 Å².